The summed E-state index contributed by atoms with van der Waals surface area (Å²) in [5.41, 5.74) is -1.13. The number of carboxylic acids is 1. The molecule has 0 radical (unpaired) electrons. The zero-order chi connectivity index (χ0) is 14.0. The maximum absolute atomic E-state index is 12.8. The van der Waals surface area contributed by atoms with Crippen molar-refractivity contribution in [2.24, 2.45) is 0 Å². The molecule has 0 spiro atoms. The molecule has 2 aromatic rings. The Morgan fingerprint density at radius 2 is 1.84 bits per heavy atom. The number of halogens is 3. The Kier molecular flexibility index (Phi) is 3.20. The number of carbonyl (C=O) groups is 1. The van der Waals surface area contributed by atoms with Gasteiger partial charge in [0, 0.05) is 11.8 Å². The van der Waals surface area contributed by atoms with Crippen LogP contribution in [0.1, 0.15) is 16.2 Å². The van der Waals surface area contributed by atoms with Gasteiger partial charge in [0.1, 0.15) is 0 Å². The number of aromatic carboxylic acids is 1. The average molecular weight is 268 g/mol. The fourth-order valence-corrected chi connectivity index (χ4v) is 1.57. The third-order valence-corrected chi connectivity index (χ3v) is 2.36. The number of hydrogen-bond donors (Lipinski definition) is 1. The minimum atomic E-state index is -4.54. The van der Waals surface area contributed by atoms with Gasteiger partial charge in [0.05, 0.1) is 11.3 Å². The lowest BCUT2D eigenvalue weighted by atomic mass is 10.0. The van der Waals surface area contributed by atoms with E-state index in [0.717, 1.165) is 12.3 Å². The first-order valence-electron chi connectivity index (χ1n) is 5.12. The van der Waals surface area contributed by atoms with Crippen molar-refractivity contribution >= 4 is 5.97 Å². The maximum Gasteiger partial charge on any atom is 0.417 e. The number of rotatable bonds is 2. The molecule has 1 heterocycles. The van der Waals surface area contributed by atoms with Gasteiger partial charge in [-0.15, -0.1) is 0 Å². The van der Waals surface area contributed by atoms with Crippen molar-refractivity contribution in [1.29, 1.82) is 0 Å². The highest BCUT2D eigenvalue weighted by Gasteiger charge is 2.33. The van der Waals surface area contributed by atoms with Gasteiger partial charge in [0.25, 0.3) is 0 Å². The Balaban J connectivity index is 2.60. The van der Waals surface area contributed by atoms with Gasteiger partial charge in [-0.2, -0.15) is 13.2 Å². The van der Waals surface area contributed by atoms with Crippen LogP contribution in [0.25, 0.3) is 11.3 Å². The molecule has 1 aromatic carbocycles. The zero-order valence-electron chi connectivity index (χ0n) is 9.35. The van der Waals surface area contributed by atoms with Gasteiger partial charge in [0.2, 0.25) is 5.82 Å². The second-order valence-electron chi connectivity index (χ2n) is 3.61. The molecule has 98 valence electrons. The minimum Gasteiger partial charge on any atom is -0.475 e. The highest BCUT2D eigenvalue weighted by molar-refractivity contribution is 5.83. The molecule has 1 N–H and O–H groups in total. The standard InChI is InChI=1S/C12H7F3N2O2/c13-12(14,15)8-4-2-1-3-7(8)9-5-6-16-10(17-9)11(18)19/h1-6H,(H,18,19). The Bertz CT molecular complexity index is 626. The van der Waals surface area contributed by atoms with Crippen LogP contribution in [0, 0.1) is 0 Å². The Morgan fingerprint density at radius 1 is 1.16 bits per heavy atom. The van der Waals surface area contributed by atoms with E-state index in [0.29, 0.717) is 0 Å². The molecule has 19 heavy (non-hydrogen) atoms. The van der Waals surface area contributed by atoms with Gasteiger partial charge in [-0.3, -0.25) is 0 Å². The smallest absolute Gasteiger partial charge is 0.417 e. The van der Waals surface area contributed by atoms with Crippen molar-refractivity contribution in [3.05, 3.63) is 47.9 Å². The van der Waals surface area contributed by atoms with Crippen LogP contribution >= 0.6 is 0 Å². The van der Waals surface area contributed by atoms with E-state index < -0.39 is 23.5 Å². The van der Waals surface area contributed by atoms with Crippen molar-refractivity contribution in [2.45, 2.75) is 6.18 Å². The minimum absolute atomic E-state index is 0.0830. The quantitative estimate of drug-likeness (QED) is 0.909. The van der Waals surface area contributed by atoms with Crippen molar-refractivity contribution in [3.63, 3.8) is 0 Å². The first-order chi connectivity index (χ1) is 8.89. The second kappa shape index (κ2) is 4.68. The molecule has 0 unspecified atom stereocenters. The number of hydrogen-bond acceptors (Lipinski definition) is 3. The molecule has 0 saturated heterocycles. The highest BCUT2D eigenvalue weighted by atomic mass is 19.4. The Hall–Kier alpha value is -2.44. The molecule has 0 bridgehead atoms. The molecule has 0 amide bonds. The average Bonchev–Trinajstić information content (AvgIpc) is 2.38. The van der Waals surface area contributed by atoms with Crippen LogP contribution in [0.3, 0.4) is 0 Å². The zero-order valence-corrected chi connectivity index (χ0v) is 9.35. The Labute approximate surface area is 105 Å². The first kappa shape index (κ1) is 13.0. The van der Waals surface area contributed by atoms with Gasteiger partial charge in [-0.1, -0.05) is 18.2 Å². The van der Waals surface area contributed by atoms with Crippen molar-refractivity contribution in [2.75, 3.05) is 0 Å². The van der Waals surface area contributed by atoms with E-state index in [1.807, 2.05) is 0 Å². The molecular formula is C12H7F3N2O2. The lowest BCUT2D eigenvalue weighted by molar-refractivity contribution is -0.137. The molecule has 7 heteroatoms. The summed E-state index contributed by atoms with van der Waals surface area (Å²) in [7, 11) is 0. The molecule has 0 saturated carbocycles. The summed E-state index contributed by atoms with van der Waals surface area (Å²) in [4.78, 5) is 17.8. The van der Waals surface area contributed by atoms with Crippen LogP contribution in [-0.2, 0) is 6.18 Å². The lowest BCUT2D eigenvalue weighted by Gasteiger charge is -2.12. The molecular weight excluding hydrogens is 261 g/mol. The summed E-state index contributed by atoms with van der Waals surface area (Å²) < 4.78 is 38.5. The van der Waals surface area contributed by atoms with Crippen molar-refractivity contribution in [3.8, 4) is 11.3 Å². The molecule has 0 aliphatic rings. The van der Waals surface area contributed by atoms with Crippen LogP contribution in [0.4, 0.5) is 13.2 Å². The number of aromatic nitrogens is 2. The summed E-state index contributed by atoms with van der Waals surface area (Å²) >= 11 is 0. The Morgan fingerprint density at radius 3 is 2.47 bits per heavy atom. The van der Waals surface area contributed by atoms with E-state index in [2.05, 4.69) is 9.97 Å². The maximum atomic E-state index is 12.8. The van der Waals surface area contributed by atoms with Gasteiger partial charge in [0.15, 0.2) is 0 Å². The molecule has 4 nitrogen and oxygen atoms in total. The summed E-state index contributed by atoms with van der Waals surface area (Å²) in [6, 6.07) is 6.06. The van der Waals surface area contributed by atoms with Crippen molar-refractivity contribution in [1.82, 2.24) is 9.97 Å². The van der Waals surface area contributed by atoms with E-state index in [9.17, 15) is 18.0 Å². The third-order valence-electron chi connectivity index (χ3n) is 2.36. The summed E-state index contributed by atoms with van der Waals surface area (Å²) in [6.07, 6.45) is -3.43. The van der Waals surface area contributed by atoms with E-state index in [-0.39, 0.29) is 11.3 Å². The molecule has 0 aliphatic carbocycles. The predicted molar refractivity (Wildman–Crippen MR) is 59.4 cm³/mol. The second-order valence-corrected chi connectivity index (χ2v) is 3.61. The van der Waals surface area contributed by atoms with Crippen LogP contribution in [0.2, 0.25) is 0 Å². The largest absolute Gasteiger partial charge is 0.475 e. The van der Waals surface area contributed by atoms with Crippen LogP contribution in [0.15, 0.2) is 36.5 Å². The third kappa shape index (κ3) is 2.70. The molecule has 2 rings (SSSR count). The normalized spacial score (nSPS) is 11.3. The fraction of sp³-hybridized carbons (Fsp3) is 0.0833. The molecule has 0 fully saturated rings. The van der Waals surface area contributed by atoms with E-state index >= 15 is 0 Å². The SMILES string of the molecule is O=C(O)c1nccc(-c2ccccc2C(F)(F)F)n1. The summed E-state index contributed by atoms with van der Waals surface area (Å²) in [6.45, 7) is 0. The highest BCUT2D eigenvalue weighted by Crippen LogP contribution is 2.36. The number of carboxylic acid groups (broad SMARTS) is 1. The molecule has 0 atom stereocenters. The molecule has 0 aliphatic heterocycles. The first-order valence-corrected chi connectivity index (χ1v) is 5.12. The van der Waals surface area contributed by atoms with Gasteiger partial charge >= 0.3 is 12.1 Å². The number of benzene rings is 1. The van der Waals surface area contributed by atoms with Gasteiger partial charge in [-0.25, -0.2) is 14.8 Å². The lowest BCUT2D eigenvalue weighted by Crippen LogP contribution is -2.09. The fourth-order valence-electron chi connectivity index (χ4n) is 1.57. The summed E-state index contributed by atoms with van der Waals surface area (Å²) in [5.74, 6) is -1.94. The van der Waals surface area contributed by atoms with Gasteiger partial charge in [-0.05, 0) is 12.1 Å². The van der Waals surface area contributed by atoms with E-state index in [1.165, 1.54) is 24.3 Å². The molecule has 1 aromatic heterocycles. The number of alkyl halides is 3. The van der Waals surface area contributed by atoms with Crippen LogP contribution in [0.5, 0.6) is 0 Å². The van der Waals surface area contributed by atoms with Crippen LogP contribution in [-0.4, -0.2) is 21.0 Å². The van der Waals surface area contributed by atoms with E-state index in [4.69, 9.17) is 5.11 Å². The monoisotopic (exact) mass is 268 g/mol. The van der Waals surface area contributed by atoms with E-state index in [1.54, 1.807) is 0 Å². The predicted octanol–water partition coefficient (Wildman–Crippen LogP) is 2.86. The topological polar surface area (TPSA) is 63.1 Å². The van der Waals surface area contributed by atoms with Crippen molar-refractivity contribution < 1.29 is 23.1 Å². The van der Waals surface area contributed by atoms with Gasteiger partial charge < -0.3 is 5.11 Å². The number of nitrogens with zero attached hydrogens (tertiary/aromatic N) is 2. The summed E-state index contributed by atoms with van der Waals surface area (Å²) in [5, 5.41) is 8.74. The van der Waals surface area contributed by atoms with Crippen LogP contribution < -0.4 is 0 Å².